The van der Waals surface area contributed by atoms with Crippen molar-refractivity contribution in [1.82, 2.24) is 19.7 Å². The van der Waals surface area contributed by atoms with Crippen LogP contribution in [0.1, 0.15) is 44.0 Å². The lowest BCUT2D eigenvalue weighted by molar-refractivity contribution is 0.0122. The lowest BCUT2D eigenvalue weighted by Gasteiger charge is -2.33. The number of aromatic nitrogens is 3. The number of pyridine rings is 1. The lowest BCUT2D eigenvalue weighted by atomic mass is 10.1. The fraction of sp³-hybridized carbons (Fsp3) is 0.524. The summed E-state index contributed by atoms with van der Waals surface area (Å²) in [5.41, 5.74) is 6.23. The second-order valence-electron chi connectivity index (χ2n) is 9.05. The van der Waals surface area contributed by atoms with Gasteiger partial charge in [0.2, 0.25) is 5.88 Å². The third-order valence-corrected chi connectivity index (χ3v) is 5.56. The molecule has 2 N–H and O–H groups in total. The molecule has 0 radical (unpaired) electrons. The highest BCUT2D eigenvalue weighted by Gasteiger charge is 2.28. The van der Waals surface area contributed by atoms with Crippen LogP contribution in [0.3, 0.4) is 0 Å². The van der Waals surface area contributed by atoms with E-state index in [1.807, 2.05) is 20.8 Å². The van der Waals surface area contributed by atoms with Crippen molar-refractivity contribution in [1.29, 1.82) is 0 Å². The molecule has 0 atom stereocenters. The largest absolute Gasteiger partial charge is 0.474 e. The Balaban J connectivity index is 1.69. The summed E-state index contributed by atoms with van der Waals surface area (Å²) >= 11 is 0. The quantitative estimate of drug-likeness (QED) is 0.660. The number of carbonyl (C=O) groups excluding carboxylic acids is 2. The molecule has 33 heavy (non-hydrogen) atoms. The van der Waals surface area contributed by atoms with Crippen LogP contribution in [0.4, 0.5) is 4.79 Å². The van der Waals surface area contributed by atoms with E-state index in [9.17, 15) is 18.0 Å². The minimum absolute atomic E-state index is 0.109. The molecule has 0 aliphatic carbocycles. The van der Waals surface area contributed by atoms with E-state index in [0.29, 0.717) is 37.1 Å². The van der Waals surface area contributed by atoms with E-state index in [0.717, 1.165) is 6.26 Å². The molecule has 11 nitrogen and oxygen atoms in total. The minimum atomic E-state index is -3.25. The van der Waals surface area contributed by atoms with Crippen molar-refractivity contribution in [2.24, 2.45) is 5.73 Å². The van der Waals surface area contributed by atoms with Crippen LogP contribution in [0.15, 0.2) is 24.7 Å². The number of nitrogens with two attached hydrogens (primary N) is 1. The van der Waals surface area contributed by atoms with Gasteiger partial charge in [-0.25, -0.2) is 18.2 Å². The monoisotopic (exact) mass is 479 g/mol. The number of ether oxygens (including phenoxy) is 2. The van der Waals surface area contributed by atoms with Crippen LogP contribution in [-0.4, -0.2) is 71.1 Å². The van der Waals surface area contributed by atoms with Gasteiger partial charge >= 0.3 is 6.09 Å². The Kier molecular flexibility index (Phi) is 6.96. The van der Waals surface area contributed by atoms with Crippen LogP contribution < -0.4 is 10.5 Å². The van der Waals surface area contributed by atoms with Crippen molar-refractivity contribution in [3.05, 3.63) is 30.2 Å². The van der Waals surface area contributed by atoms with Crippen molar-refractivity contribution in [2.75, 3.05) is 19.3 Å². The second kappa shape index (κ2) is 9.38. The summed E-state index contributed by atoms with van der Waals surface area (Å²) in [6, 6.07) is 1.54. The molecule has 1 aliphatic rings. The van der Waals surface area contributed by atoms with E-state index in [1.54, 1.807) is 17.2 Å². The third kappa shape index (κ3) is 6.91. The van der Waals surface area contributed by atoms with E-state index in [4.69, 9.17) is 15.2 Å². The molecule has 1 aliphatic heterocycles. The maximum Gasteiger partial charge on any atom is 0.410 e. The smallest absolute Gasteiger partial charge is 0.410 e. The van der Waals surface area contributed by atoms with Gasteiger partial charge in [0.1, 0.15) is 23.1 Å². The van der Waals surface area contributed by atoms with Gasteiger partial charge in [-0.15, -0.1) is 0 Å². The summed E-state index contributed by atoms with van der Waals surface area (Å²) in [4.78, 5) is 30.2. The van der Waals surface area contributed by atoms with Crippen molar-refractivity contribution in [2.45, 2.75) is 51.2 Å². The molecule has 0 saturated carbocycles. The number of sulfone groups is 1. The summed E-state index contributed by atoms with van der Waals surface area (Å²) < 4.78 is 35.6. The molecule has 1 fully saturated rings. The third-order valence-electron chi connectivity index (χ3n) is 4.82. The van der Waals surface area contributed by atoms with E-state index >= 15 is 0 Å². The fourth-order valence-corrected chi connectivity index (χ4v) is 3.97. The number of carbonyl (C=O) groups is 2. The van der Waals surface area contributed by atoms with Gasteiger partial charge in [0.15, 0.2) is 9.84 Å². The topological polar surface area (TPSA) is 147 Å². The standard InChI is InChI=1S/C21H29N5O6S/c1-21(2,3)32-20(28)25-7-5-16(6-8-25)31-19-17(18(22)27)9-14(10-23-19)15-11-24-26(12-15)13-33(4,29)30/h9-12,16H,5-8,13H2,1-4H3,(H2,22,27). The Hall–Kier alpha value is -3.15. The Labute approximate surface area is 192 Å². The first-order valence-corrected chi connectivity index (χ1v) is 12.5. The Morgan fingerprint density at radius 3 is 2.42 bits per heavy atom. The van der Waals surface area contributed by atoms with Gasteiger partial charge in [0, 0.05) is 55.7 Å². The molecule has 3 rings (SSSR count). The van der Waals surface area contributed by atoms with E-state index in [2.05, 4.69) is 10.1 Å². The molecular formula is C21H29N5O6S. The molecular weight excluding hydrogens is 450 g/mol. The average Bonchev–Trinajstić information content (AvgIpc) is 3.14. The van der Waals surface area contributed by atoms with Gasteiger partial charge in [-0.2, -0.15) is 5.10 Å². The number of hydrogen-bond donors (Lipinski definition) is 1. The van der Waals surface area contributed by atoms with Gasteiger partial charge in [0.05, 0.1) is 6.20 Å². The van der Waals surface area contributed by atoms with Crippen LogP contribution in [-0.2, 0) is 20.5 Å². The summed E-state index contributed by atoms with van der Waals surface area (Å²) in [6.07, 6.45) is 6.17. The highest BCUT2D eigenvalue weighted by molar-refractivity contribution is 7.89. The van der Waals surface area contributed by atoms with E-state index in [1.165, 1.54) is 17.1 Å². The molecule has 0 aromatic carbocycles. The molecule has 0 bridgehead atoms. The number of primary amides is 1. The number of hydrogen-bond acceptors (Lipinski definition) is 8. The average molecular weight is 480 g/mol. The summed E-state index contributed by atoms with van der Waals surface area (Å²) in [6.45, 7) is 6.38. The first-order chi connectivity index (χ1) is 15.3. The van der Waals surface area contributed by atoms with Crippen molar-refractivity contribution in [3.63, 3.8) is 0 Å². The molecule has 2 aromatic heterocycles. The summed E-state index contributed by atoms with van der Waals surface area (Å²) in [5, 5.41) is 4.03. The molecule has 0 spiro atoms. The zero-order valence-corrected chi connectivity index (χ0v) is 20.0. The first kappa shape index (κ1) is 24.5. The molecule has 12 heteroatoms. The summed E-state index contributed by atoms with van der Waals surface area (Å²) in [5.74, 6) is -0.841. The van der Waals surface area contributed by atoms with Crippen molar-refractivity contribution in [3.8, 4) is 17.0 Å². The van der Waals surface area contributed by atoms with Crippen LogP contribution >= 0.6 is 0 Å². The van der Waals surface area contributed by atoms with Gasteiger partial charge in [-0.1, -0.05) is 0 Å². The Morgan fingerprint density at radius 1 is 1.18 bits per heavy atom. The number of piperidine rings is 1. The SMILES string of the molecule is CC(C)(C)OC(=O)N1CCC(Oc2ncc(-c3cnn(CS(C)(=O)=O)c3)cc2C(N)=O)CC1. The lowest BCUT2D eigenvalue weighted by Crippen LogP contribution is -2.44. The number of rotatable bonds is 6. The van der Waals surface area contributed by atoms with Gasteiger partial charge in [0.25, 0.3) is 5.91 Å². The van der Waals surface area contributed by atoms with E-state index < -0.39 is 21.3 Å². The van der Waals surface area contributed by atoms with Crippen molar-refractivity contribution < 1.29 is 27.5 Å². The number of likely N-dealkylation sites (tertiary alicyclic amines) is 1. The normalized spacial score (nSPS) is 15.3. The molecule has 1 saturated heterocycles. The molecule has 3 heterocycles. The fourth-order valence-electron chi connectivity index (χ4n) is 3.34. The first-order valence-electron chi connectivity index (χ1n) is 10.5. The number of amides is 2. The second-order valence-corrected chi connectivity index (χ2v) is 11.2. The maximum atomic E-state index is 12.2. The minimum Gasteiger partial charge on any atom is -0.474 e. The van der Waals surface area contributed by atoms with Crippen LogP contribution in [0.25, 0.3) is 11.1 Å². The van der Waals surface area contributed by atoms with Crippen LogP contribution in [0.2, 0.25) is 0 Å². The van der Waals surface area contributed by atoms with Crippen LogP contribution in [0.5, 0.6) is 5.88 Å². The Morgan fingerprint density at radius 2 is 1.85 bits per heavy atom. The Bertz CT molecular complexity index is 1130. The predicted molar refractivity (Wildman–Crippen MR) is 120 cm³/mol. The van der Waals surface area contributed by atoms with Gasteiger partial charge in [-0.3, -0.25) is 9.48 Å². The summed E-state index contributed by atoms with van der Waals surface area (Å²) in [7, 11) is -3.25. The predicted octanol–water partition coefficient (Wildman–Crippen LogP) is 1.82. The highest BCUT2D eigenvalue weighted by Crippen LogP contribution is 2.27. The molecule has 2 amide bonds. The van der Waals surface area contributed by atoms with Gasteiger partial charge in [-0.05, 0) is 26.8 Å². The molecule has 0 unspecified atom stereocenters. The van der Waals surface area contributed by atoms with Crippen LogP contribution in [0, 0.1) is 0 Å². The zero-order valence-electron chi connectivity index (χ0n) is 19.1. The molecule has 2 aromatic rings. The zero-order chi connectivity index (χ0) is 24.4. The maximum absolute atomic E-state index is 12.2. The van der Waals surface area contributed by atoms with E-state index in [-0.39, 0.29) is 29.5 Å². The van der Waals surface area contributed by atoms with Gasteiger partial charge < -0.3 is 20.1 Å². The van der Waals surface area contributed by atoms with Crippen molar-refractivity contribution >= 4 is 21.8 Å². The highest BCUT2D eigenvalue weighted by atomic mass is 32.2. The number of nitrogens with zero attached hydrogens (tertiary/aromatic N) is 4. The molecule has 180 valence electrons.